The average molecular weight is 554 g/mol. The van der Waals surface area contributed by atoms with E-state index in [-0.39, 0.29) is 29.8 Å². The third-order valence-electron chi connectivity index (χ3n) is 5.86. The molecule has 0 atom stereocenters. The van der Waals surface area contributed by atoms with Crippen molar-refractivity contribution in [3.63, 3.8) is 0 Å². The molecular weight excluding hydrogens is 522 g/mol. The van der Waals surface area contributed by atoms with E-state index in [1.54, 1.807) is 0 Å². The van der Waals surface area contributed by atoms with Crippen LogP contribution in [-0.2, 0) is 22.6 Å². The van der Waals surface area contributed by atoms with E-state index >= 15 is 0 Å². The van der Waals surface area contributed by atoms with Crippen LogP contribution in [0, 0.1) is 5.82 Å². The predicted molar refractivity (Wildman–Crippen MR) is 136 cm³/mol. The Labute approximate surface area is 206 Å². The highest BCUT2D eigenvalue weighted by Crippen LogP contribution is 2.17. The maximum Gasteiger partial charge on any atom is 0.191 e. The first-order valence-corrected chi connectivity index (χ1v) is 11.0. The van der Waals surface area contributed by atoms with Gasteiger partial charge in [0, 0.05) is 45.1 Å². The molecule has 2 fully saturated rings. The van der Waals surface area contributed by atoms with Crippen LogP contribution in [0.3, 0.4) is 0 Å². The van der Waals surface area contributed by atoms with Crippen LogP contribution in [0.1, 0.15) is 24.0 Å². The molecule has 2 aromatic rings. The summed E-state index contributed by atoms with van der Waals surface area (Å²) in [6.07, 6.45) is 2.23. The van der Waals surface area contributed by atoms with Crippen LogP contribution >= 0.6 is 24.0 Å². The molecule has 32 heavy (non-hydrogen) atoms. The number of rotatable bonds is 6. The fourth-order valence-electron chi connectivity index (χ4n) is 3.99. The third kappa shape index (κ3) is 7.05. The molecule has 2 heterocycles. The second-order valence-corrected chi connectivity index (χ2v) is 8.07. The van der Waals surface area contributed by atoms with Crippen molar-refractivity contribution in [2.75, 3.05) is 44.3 Å². The van der Waals surface area contributed by atoms with Crippen LogP contribution in [0.4, 0.5) is 10.1 Å². The summed E-state index contributed by atoms with van der Waals surface area (Å²) in [4.78, 5) is 8.96. The normalized spacial score (nSPS) is 17.8. The summed E-state index contributed by atoms with van der Waals surface area (Å²) in [5, 5.41) is 0. The van der Waals surface area contributed by atoms with Crippen molar-refractivity contribution >= 4 is 35.6 Å². The fraction of sp³-hybridized carbons (Fsp3) is 0.458. The van der Waals surface area contributed by atoms with Gasteiger partial charge in [-0.15, -0.1) is 24.0 Å². The number of guanidine groups is 1. The SMILES string of the molecule is I.NC(=NCc1cccc(COC2CCOCC2)c1)N1CCN(c2ccc(F)cc2)CC1. The van der Waals surface area contributed by atoms with E-state index in [1.807, 2.05) is 18.2 Å². The van der Waals surface area contributed by atoms with Gasteiger partial charge in [-0.3, -0.25) is 0 Å². The van der Waals surface area contributed by atoms with Gasteiger partial charge < -0.3 is 25.0 Å². The Bertz CT molecular complexity index is 867. The number of hydrogen-bond acceptors (Lipinski definition) is 4. The first kappa shape index (κ1) is 24.7. The van der Waals surface area contributed by atoms with E-state index in [4.69, 9.17) is 15.2 Å². The molecule has 0 bridgehead atoms. The largest absolute Gasteiger partial charge is 0.381 e. The standard InChI is InChI=1S/C24H31FN4O2.HI/c25-21-4-6-22(7-5-21)28-10-12-29(13-11-28)24(26)27-17-19-2-1-3-20(16-19)18-31-23-8-14-30-15-9-23;/h1-7,16,23H,8-15,17-18H2,(H2,26,27);1H. The van der Waals surface area contributed by atoms with E-state index in [0.29, 0.717) is 25.2 Å². The highest BCUT2D eigenvalue weighted by molar-refractivity contribution is 14.0. The van der Waals surface area contributed by atoms with Gasteiger partial charge >= 0.3 is 0 Å². The van der Waals surface area contributed by atoms with Gasteiger partial charge in [0.25, 0.3) is 0 Å². The monoisotopic (exact) mass is 554 g/mol. The zero-order chi connectivity index (χ0) is 21.5. The summed E-state index contributed by atoms with van der Waals surface area (Å²) in [6.45, 7) is 6.00. The molecule has 0 saturated carbocycles. The van der Waals surface area contributed by atoms with Crippen molar-refractivity contribution in [2.45, 2.75) is 32.1 Å². The molecule has 0 spiro atoms. The van der Waals surface area contributed by atoms with Crippen molar-refractivity contribution in [3.8, 4) is 0 Å². The smallest absolute Gasteiger partial charge is 0.191 e. The van der Waals surface area contributed by atoms with Crippen LogP contribution in [0.2, 0.25) is 0 Å². The molecule has 0 radical (unpaired) electrons. The lowest BCUT2D eigenvalue weighted by atomic mass is 10.1. The molecule has 2 aliphatic heterocycles. The minimum absolute atomic E-state index is 0. The highest BCUT2D eigenvalue weighted by atomic mass is 127. The lowest BCUT2D eigenvalue weighted by Gasteiger charge is -2.36. The van der Waals surface area contributed by atoms with Crippen LogP contribution in [0.15, 0.2) is 53.5 Å². The number of nitrogens with zero attached hydrogens (tertiary/aromatic N) is 3. The molecule has 0 aromatic heterocycles. The second kappa shape index (κ2) is 12.4. The maximum atomic E-state index is 13.1. The van der Waals surface area contributed by atoms with Gasteiger partial charge in [0.2, 0.25) is 0 Å². The van der Waals surface area contributed by atoms with Gasteiger partial charge in [0.05, 0.1) is 19.3 Å². The lowest BCUT2D eigenvalue weighted by Crippen LogP contribution is -2.51. The van der Waals surface area contributed by atoms with Gasteiger partial charge in [-0.05, 0) is 48.2 Å². The van der Waals surface area contributed by atoms with Crippen molar-refractivity contribution in [2.24, 2.45) is 10.7 Å². The van der Waals surface area contributed by atoms with Crippen molar-refractivity contribution < 1.29 is 13.9 Å². The number of anilines is 1. The molecule has 8 heteroatoms. The summed E-state index contributed by atoms with van der Waals surface area (Å²) >= 11 is 0. The van der Waals surface area contributed by atoms with E-state index < -0.39 is 0 Å². The Hall–Kier alpha value is -1.91. The minimum atomic E-state index is -0.210. The van der Waals surface area contributed by atoms with Gasteiger partial charge in [0.15, 0.2) is 5.96 Å². The van der Waals surface area contributed by atoms with Crippen LogP contribution in [0.25, 0.3) is 0 Å². The summed E-state index contributed by atoms with van der Waals surface area (Å²) in [6, 6.07) is 15.0. The summed E-state index contributed by atoms with van der Waals surface area (Å²) in [5.74, 6) is 0.362. The molecule has 2 saturated heterocycles. The minimum Gasteiger partial charge on any atom is -0.381 e. The molecule has 0 amide bonds. The van der Waals surface area contributed by atoms with Gasteiger partial charge in [-0.2, -0.15) is 0 Å². The molecule has 174 valence electrons. The number of halogens is 2. The number of benzene rings is 2. The molecule has 4 rings (SSSR count). The third-order valence-corrected chi connectivity index (χ3v) is 5.86. The molecule has 6 nitrogen and oxygen atoms in total. The Morgan fingerprint density at radius 3 is 2.44 bits per heavy atom. The maximum absolute atomic E-state index is 13.1. The first-order valence-electron chi connectivity index (χ1n) is 11.0. The van der Waals surface area contributed by atoms with E-state index in [2.05, 4.69) is 33.0 Å². The van der Waals surface area contributed by atoms with E-state index in [0.717, 1.165) is 69.0 Å². The predicted octanol–water partition coefficient (Wildman–Crippen LogP) is 3.78. The van der Waals surface area contributed by atoms with Crippen LogP contribution in [-0.4, -0.2) is 56.4 Å². The number of aliphatic imine (C=N–C) groups is 1. The Balaban J connectivity index is 0.00000289. The van der Waals surface area contributed by atoms with Crippen molar-refractivity contribution in [1.82, 2.24) is 4.90 Å². The van der Waals surface area contributed by atoms with Gasteiger partial charge in [0.1, 0.15) is 5.82 Å². The molecule has 2 N–H and O–H groups in total. The first-order chi connectivity index (χ1) is 15.2. The topological polar surface area (TPSA) is 63.3 Å². The highest BCUT2D eigenvalue weighted by Gasteiger charge is 2.18. The number of nitrogens with two attached hydrogens (primary N) is 1. The summed E-state index contributed by atoms with van der Waals surface area (Å²) in [5.41, 5.74) is 9.59. The number of piperazine rings is 1. The van der Waals surface area contributed by atoms with Crippen molar-refractivity contribution in [3.05, 3.63) is 65.5 Å². The summed E-state index contributed by atoms with van der Waals surface area (Å²) in [7, 11) is 0. The lowest BCUT2D eigenvalue weighted by molar-refractivity contribution is -0.0390. The van der Waals surface area contributed by atoms with Gasteiger partial charge in [-0.1, -0.05) is 24.3 Å². The molecule has 0 unspecified atom stereocenters. The van der Waals surface area contributed by atoms with Crippen LogP contribution in [0.5, 0.6) is 0 Å². The molecule has 2 aliphatic rings. The Kier molecular flexibility index (Phi) is 9.55. The van der Waals surface area contributed by atoms with Gasteiger partial charge in [-0.25, -0.2) is 9.38 Å². The Morgan fingerprint density at radius 1 is 1.03 bits per heavy atom. The summed E-state index contributed by atoms with van der Waals surface area (Å²) < 4.78 is 24.5. The number of hydrogen-bond donors (Lipinski definition) is 1. The average Bonchev–Trinajstić information content (AvgIpc) is 2.83. The Morgan fingerprint density at radius 2 is 1.72 bits per heavy atom. The molecular formula is C24H32FIN4O2. The van der Waals surface area contributed by atoms with E-state index in [1.165, 1.54) is 12.1 Å². The second-order valence-electron chi connectivity index (χ2n) is 8.07. The molecule has 0 aliphatic carbocycles. The quantitative estimate of drug-likeness (QED) is 0.335. The molecule has 2 aromatic carbocycles. The fourth-order valence-corrected chi connectivity index (χ4v) is 3.99. The van der Waals surface area contributed by atoms with Crippen molar-refractivity contribution in [1.29, 1.82) is 0 Å². The number of ether oxygens (including phenoxy) is 2. The zero-order valence-electron chi connectivity index (χ0n) is 18.3. The van der Waals surface area contributed by atoms with E-state index in [9.17, 15) is 4.39 Å². The zero-order valence-corrected chi connectivity index (χ0v) is 20.6. The van der Waals surface area contributed by atoms with Crippen LogP contribution < -0.4 is 10.6 Å².